The first kappa shape index (κ1) is 60.8. The molecule has 17 aromatic carbocycles. The zero-order valence-corrected chi connectivity index (χ0v) is 56.9. The lowest BCUT2D eigenvalue weighted by Crippen LogP contribution is -2.30. The predicted octanol–water partition coefficient (Wildman–Crippen LogP) is 28.1. The van der Waals surface area contributed by atoms with Crippen molar-refractivity contribution in [3.8, 4) is 44.5 Å². The molecule has 0 atom stereocenters. The van der Waals surface area contributed by atoms with Gasteiger partial charge in [0.05, 0.1) is 11.4 Å². The SMILES string of the molecule is CC1(C)c2ccccc2N(c2ccccc2)c2ccc(N(c3ccc(-c4ccc5ccccc5c4)cc3)c3ccc(-c4ccc5ccccc5c4)cc3)cc21.c1ccc2cc(-c3ccc(N(c4ccc(-c5ccc6ccccc6c5)cc4)c4ccc5c(c4)sc4ccccc45)cc3)ccc2c1. The van der Waals surface area contributed by atoms with Gasteiger partial charge in [-0.25, -0.2) is 0 Å². The monoisotopic (exact) mass is 1310 g/mol. The molecule has 0 aliphatic carbocycles. The van der Waals surface area contributed by atoms with Crippen molar-refractivity contribution < 1.29 is 0 Å². The molecular weight excluding hydrogens is 1240 g/mol. The molecule has 1 aliphatic rings. The van der Waals surface area contributed by atoms with Gasteiger partial charge in [0, 0.05) is 65.4 Å². The third kappa shape index (κ3) is 11.5. The number of hydrogen-bond donors (Lipinski definition) is 0. The highest BCUT2D eigenvalue weighted by molar-refractivity contribution is 7.25. The molecule has 0 radical (unpaired) electrons. The Kier molecular flexibility index (Phi) is 15.5. The van der Waals surface area contributed by atoms with Crippen molar-refractivity contribution in [2.45, 2.75) is 19.3 Å². The van der Waals surface area contributed by atoms with E-state index in [-0.39, 0.29) is 5.41 Å². The summed E-state index contributed by atoms with van der Waals surface area (Å²) in [7, 11) is 0. The van der Waals surface area contributed by atoms with Gasteiger partial charge in [-0.1, -0.05) is 269 Å². The topological polar surface area (TPSA) is 9.72 Å². The minimum Gasteiger partial charge on any atom is -0.310 e. The average Bonchev–Trinajstić information content (AvgIpc) is 1.21. The Morgan fingerprint density at radius 1 is 0.228 bits per heavy atom. The second kappa shape index (κ2) is 25.7. The number of rotatable bonds is 11. The molecule has 0 amide bonds. The summed E-state index contributed by atoms with van der Waals surface area (Å²) in [5.74, 6) is 0. The Balaban J connectivity index is 0.000000147. The van der Waals surface area contributed by atoms with E-state index in [1.54, 1.807) is 0 Å². The fourth-order valence-corrected chi connectivity index (χ4v) is 16.3. The first-order valence-corrected chi connectivity index (χ1v) is 35.6. The molecule has 0 saturated carbocycles. The van der Waals surface area contributed by atoms with Gasteiger partial charge < -0.3 is 14.7 Å². The highest BCUT2D eigenvalue weighted by Crippen LogP contribution is 2.54. The molecule has 1 aromatic heterocycles. The molecule has 0 bridgehead atoms. The molecule has 4 heteroatoms. The van der Waals surface area contributed by atoms with Crippen LogP contribution in [0, 0.1) is 0 Å². The van der Waals surface area contributed by atoms with Gasteiger partial charge in [-0.15, -0.1) is 11.3 Å². The van der Waals surface area contributed by atoms with Crippen molar-refractivity contribution in [3.05, 3.63) is 393 Å². The summed E-state index contributed by atoms with van der Waals surface area (Å²) < 4.78 is 2.62. The number of benzene rings is 17. The summed E-state index contributed by atoms with van der Waals surface area (Å²) >= 11 is 1.86. The Bertz CT molecular complexity index is 5870. The molecule has 1 aliphatic heterocycles. The normalized spacial score (nSPS) is 12.3. The molecule has 2 heterocycles. The van der Waals surface area contributed by atoms with Gasteiger partial charge in [0.15, 0.2) is 0 Å². The molecular formula is C97H69N3S. The fourth-order valence-electron chi connectivity index (χ4n) is 15.1. The minimum atomic E-state index is -0.223. The van der Waals surface area contributed by atoms with E-state index >= 15 is 0 Å². The van der Waals surface area contributed by atoms with Gasteiger partial charge in [0.2, 0.25) is 0 Å². The van der Waals surface area contributed by atoms with E-state index < -0.39 is 0 Å². The van der Waals surface area contributed by atoms with E-state index in [9.17, 15) is 0 Å². The van der Waals surface area contributed by atoms with Crippen molar-refractivity contribution >= 4 is 126 Å². The number of para-hydroxylation sites is 2. The lowest BCUT2D eigenvalue weighted by molar-refractivity contribution is 0.632. The van der Waals surface area contributed by atoms with Crippen LogP contribution in [0.15, 0.2) is 382 Å². The number of hydrogen-bond acceptors (Lipinski definition) is 4. The van der Waals surface area contributed by atoms with Crippen LogP contribution in [0.2, 0.25) is 0 Å². The molecule has 3 nitrogen and oxygen atoms in total. The van der Waals surface area contributed by atoms with E-state index in [4.69, 9.17) is 0 Å². The summed E-state index contributed by atoms with van der Waals surface area (Å²) in [5, 5.41) is 12.7. The lowest BCUT2D eigenvalue weighted by Gasteiger charge is -2.42. The molecule has 478 valence electrons. The van der Waals surface area contributed by atoms with Gasteiger partial charge in [0.1, 0.15) is 0 Å². The van der Waals surface area contributed by atoms with Crippen LogP contribution in [-0.2, 0) is 5.41 Å². The molecule has 0 spiro atoms. The van der Waals surface area contributed by atoms with Crippen LogP contribution < -0.4 is 14.7 Å². The minimum absolute atomic E-state index is 0.223. The van der Waals surface area contributed by atoms with Gasteiger partial charge in [0.25, 0.3) is 0 Å². The van der Waals surface area contributed by atoms with Crippen LogP contribution in [0.1, 0.15) is 25.0 Å². The molecule has 19 rings (SSSR count). The largest absolute Gasteiger partial charge is 0.310 e. The standard InChI is InChI=1S/C53H40N2.C44H29NS/c1-53(2)49-18-10-11-19-51(49)55(45-16-4-3-5-17-45)52-33-32-48(36-50(52)53)54(46-28-24-39(25-29-46)43-22-20-37-12-6-8-14-41(37)34-43)47-30-26-40(27-31-47)44-23-21-38-13-7-9-15-42(38)35-44;1-3-9-34-27-36(15-13-30(34)7-1)32-17-21-38(22-18-32)45(40-25-26-42-41-11-5-6-12-43(41)46-44(42)29-40)39-23-19-33(20-24-39)37-16-14-31-8-2-4-10-35(31)28-37/h3-36H,1-2H3;1-29H. The van der Waals surface area contributed by atoms with Crippen LogP contribution in [-0.4, -0.2) is 0 Å². The Hall–Kier alpha value is -12.6. The second-order valence-corrected chi connectivity index (χ2v) is 28.0. The van der Waals surface area contributed by atoms with E-state index in [0.717, 1.165) is 39.8 Å². The summed E-state index contributed by atoms with van der Waals surface area (Å²) in [6.45, 7) is 4.72. The molecule has 18 aromatic rings. The maximum atomic E-state index is 2.42. The molecule has 0 fully saturated rings. The van der Waals surface area contributed by atoms with Crippen molar-refractivity contribution in [2.24, 2.45) is 0 Å². The van der Waals surface area contributed by atoms with Crippen molar-refractivity contribution in [1.82, 2.24) is 0 Å². The predicted molar refractivity (Wildman–Crippen MR) is 434 cm³/mol. The third-order valence-corrected chi connectivity index (χ3v) is 21.6. The van der Waals surface area contributed by atoms with Gasteiger partial charge in [-0.2, -0.15) is 0 Å². The highest BCUT2D eigenvalue weighted by Gasteiger charge is 2.37. The summed E-state index contributed by atoms with van der Waals surface area (Å²) in [6, 6.07) is 139. The van der Waals surface area contributed by atoms with Crippen LogP contribution in [0.4, 0.5) is 51.2 Å². The van der Waals surface area contributed by atoms with E-state index in [0.29, 0.717) is 0 Å². The zero-order valence-electron chi connectivity index (χ0n) is 56.1. The number of fused-ring (bicyclic) bond motifs is 9. The van der Waals surface area contributed by atoms with Gasteiger partial charge in [-0.3, -0.25) is 0 Å². The first-order valence-electron chi connectivity index (χ1n) is 34.8. The first-order chi connectivity index (χ1) is 49.8. The zero-order chi connectivity index (χ0) is 67.4. The van der Waals surface area contributed by atoms with Gasteiger partial charge in [-0.05, 0) is 226 Å². The summed E-state index contributed by atoms with van der Waals surface area (Å²) in [4.78, 5) is 7.19. The van der Waals surface area contributed by atoms with E-state index in [1.807, 2.05) is 11.3 Å². The fraction of sp³-hybridized carbons (Fsp3) is 0.0309. The molecule has 0 N–H and O–H groups in total. The smallest absolute Gasteiger partial charge is 0.0504 e. The second-order valence-electron chi connectivity index (χ2n) is 26.9. The maximum absolute atomic E-state index is 2.42. The van der Waals surface area contributed by atoms with Crippen LogP contribution in [0.25, 0.3) is 108 Å². The van der Waals surface area contributed by atoms with E-state index in [2.05, 4.69) is 411 Å². The van der Waals surface area contributed by atoms with Crippen molar-refractivity contribution in [3.63, 3.8) is 0 Å². The number of anilines is 9. The third-order valence-electron chi connectivity index (χ3n) is 20.4. The van der Waals surface area contributed by atoms with Crippen LogP contribution in [0.5, 0.6) is 0 Å². The van der Waals surface area contributed by atoms with Gasteiger partial charge >= 0.3 is 0 Å². The number of nitrogens with zero attached hydrogens (tertiary/aromatic N) is 3. The van der Waals surface area contributed by atoms with Crippen LogP contribution >= 0.6 is 11.3 Å². The highest BCUT2D eigenvalue weighted by atomic mass is 32.1. The Morgan fingerprint density at radius 2 is 0.554 bits per heavy atom. The quantitative estimate of drug-likeness (QED) is 0.128. The summed E-state index contributed by atoms with van der Waals surface area (Å²) in [5.41, 5.74) is 22.4. The molecule has 0 saturated heterocycles. The Labute approximate surface area is 593 Å². The maximum Gasteiger partial charge on any atom is 0.0504 e. The summed E-state index contributed by atoms with van der Waals surface area (Å²) in [6.07, 6.45) is 0. The number of thiophene rings is 1. The molecule has 101 heavy (non-hydrogen) atoms. The van der Waals surface area contributed by atoms with Crippen molar-refractivity contribution in [1.29, 1.82) is 0 Å². The van der Waals surface area contributed by atoms with E-state index in [1.165, 1.54) is 130 Å². The Morgan fingerprint density at radius 3 is 1.00 bits per heavy atom. The van der Waals surface area contributed by atoms with Crippen molar-refractivity contribution in [2.75, 3.05) is 14.7 Å². The van der Waals surface area contributed by atoms with Crippen LogP contribution in [0.3, 0.4) is 0 Å². The molecule has 0 unspecified atom stereocenters. The lowest BCUT2D eigenvalue weighted by atomic mass is 9.73. The average molecular weight is 1310 g/mol.